The number of hydrogen-bond donors (Lipinski definition) is 1. The zero-order valence-electron chi connectivity index (χ0n) is 11.1. The molecule has 0 radical (unpaired) electrons. The maximum absolute atomic E-state index is 12.2. The van der Waals surface area contributed by atoms with Gasteiger partial charge in [-0.2, -0.15) is 0 Å². The molecule has 0 spiro atoms. The normalized spacial score (nSPS) is 14.3. The minimum Gasteiger partial charge on any atom is -0.326 e. The molecule has 1 aromatic carbocycles. The second kappa shape index (κ2) is 5.74. The van der Waals surface area contributed by atoms with E-state index in [1.54, 1.807) is 18.2 Å². The molecule has 0 atom stereocenters. The number of hydrogen-bond acceptors (Lipinski definition) is 3. The lowest BCUT2D eigenvalue weighted by molar-refractivity contribution is -0.115. The number of rotatable bonds is 6. The molecule has 0 fully saturated rings. The number of unbranched alkanes of at least 4 members (excludes halogenated alkanes) is 3. The number of fused-ring (bicyclic) bond motifs is 1. The van der Waals surface area contributed by atoms with Crippen LogP contribution in [0.4, 0.5) is 5.69 Å². The largest absolute Gasteiger partial charge is 0.326 e. The van der Waals surface area contributed by atoms with E-state index in [1.807, 2.05) is 0 Å². The fourth-order valence-electron chi connectivity index (χ4n) is 2.24. The van der Waals surface area contributed by atoms with Gasteiger partial charge in [-0.25, -0.2) is 8.42 Å². The summed E-state index contributed by atoms with van der Waals surface area (Å²) in [5.41, 5.74) is 1.51. The van der Waals surface area contributed by atoms with Gasteiger partial charge < -0.3 is 5.32 Å². The summed E-state index contributed by atoms with van der Waals surface area (Å²) in [6.07, 6.45) is 4.07. The molecule has 0 unspecified atom stereocenters. The van der Waals surface area contributed by atoms with Gasteiger partial charge in [0.05, 0.1) is 17.1 Å². The highest BCUT2D eigenvalue weighted by Gasteiger charge is 2.21. The molecule has 5 heteroatoms. The van der Waals surface area contributed by atoms with E-state index >= 15 is 0 Å². The van der Waals surface area contributed by atoms with Crippen LogP contribution in [0.15, 0.2) is 23.1 Å². The minimum absolute atomic E-state index is 0.0764. The highest BCUT2D eigenvalue weighted by molar-refractivity contribution is 7.91. The van der Waals surface area contributed by atoms with E-state index in [-0.39, 0.29) is 18.1 Å². The minimum atomic E-state index is -3.22. The molecule has 0 saturated heterocycles. The summed E-state index contributed by atoms with van der Waals surface area (Å²) in [4.78, 5) is 11.6. The van der Waals surface area contributed by atoms with E-state index in [2.05, 4.69) is 12.2 Å². The first kappa shape index (κ1) is 14.1. The number of anilines is 1. The van der Waals surface area contributed by atoms with Crippen molar-refractivity contribution in [2.45, 2.75) is 43.9 Å². The third kappa shape index (κ3) is 3.35. The van der Waals surface area contributed by atoms with Gasteiger partial charge in [-0.05, 0) is 30.2 Å². The Balaban J connectivity index is 2.09. The molecule has 1 aliphatic heterocycles. The molecule has 0 saturated carbocycles. The van der Waals surface area contributed by atoms with Gasteiger partial charge in [0.15, 0.2) is 9.84 Å². The smallest absolute Gasteiger partial charge is 0.228 e. The molecule has 1 aliphatic rings. The molecule has 1 amide bonds. The first-order valence-corrected chi connectivity index (χ1v) is 8.33. The molecular formula is C14H19NO3S. The van der Waals surface area contributed by atoms with Crippen molar-refractivity contribution in [1.82, 2.24) is 0 Å². The number of amides is 1. The highest BCUT2D eigenvalue weighted by atomic mass is 32.2. The van der Waals surface area contributed by atoms with Crippen molar-refractivity contribution < 1.29 is 13.2 Å². The topological polar surface area (TPSA) is 63.2 Å². The molecule has 0 aliphatic carbocycles. The lowest BCUT2D eigenvalue weighted by Gasteiger charge is -2.06. The first-order chi connectivity index (χ1) is 9.03. The van der Waals surface area contributed by atoms with Crippen LogP contribution in [0.5, 0.6) is 0 Å². The summed E-state index contributed by atoms with van der Waals surface area (Å²) in [7, 11) is -3.22. The van der Waals surface area contributed by atoms with Gasteiger partial charge in [0.25, 0.3) is 0 Å². The van der Waals surface area contributed by atoms with Gasteiger partial charge >= 0.3 is 0 Å². The lowest BCUT2D eigenvalue weighted by atomic mass is 10.2. The van der Waals surface area contributed by atoms with Gasteiger partial charge in [0.2, 0.25) is 5.91 Å². The molecule has 2 rings (SSSR count). The van der Waals surface area contributed by atoms with E-state index in [4.69, 9.17) is 0 Å². The summed E-state index contributed by atoms with van der Waals surface area (Å²) < 4.78 is 24.3. The van der Waals surface area contributed by atoms with Crippen LogP contribution in [0.25, 0.3) is 0 Å². The zero-order chi connectivity index (χ0) is 13.9. The SMILES string of the molecule is CCCCCCS(=O)(=O)c1ccc2c(c1)CC(=O)N2. The van der Waals surface area contributed by atoms with Gasteiger partial charge in [0, 0.05) is 5.69 Å². The third-order valence-corrected chi connectivity index (χ3v) is 5.13. The van der Waals surface area contributed by atoms with Crippen molar-refractivity contribution >= 4 is 21.4 Å². The first-order valence-electron chi connectivity index (χ1n) is 6.68. The van der Waals surface area contributed by atoms with E-state index < -0.39 is 9.84 Å². The molecule has 0 bridgehead atoms. The monoisotopic (exact) mass is 281 g/mol. The second-order valence-electron chi connectivity index (χ2n) is 4.92. The van der Waals surface area contributed by atoms with Gasteiger partial charge in [-0.1, -0.05) is 26.2 Å². The van der Waals surface area contributed by atoms with Crippen molar-refractivity contribution in [3.8, 4) is 0 Å². The van der Waals surface area contributed by atoms with Crippen LogP contribution in [-0.2, 0) is 21.1 Å². The van der Waals surface area contributed by atoms with Crippen molar-refractivity contribution in [3.63, 3.8) is 0 Å². The molecule has 1 N–H and O–H groups in total. The third-order valence-electron chi connectivity index (χ3n) is 3.33. The van der Waals surface area contributed by atoms with Crippen molar-refractivity contribution in [1.29, 1.82) is 0 Å². The Hall–Kier alpha value is -1.36. The molecule has 104 valence electrons. The summed E-state index contributed by atoms with van der Waals surface area (Å²) >= 11 is 0. The van der Waals surface area contributed by atoms with Crippen LogP contribution in [0.3, 0.4) is 0 Å². The summed E-state index contributed by atoms with van der Waals surface area (Å²) in [5.74, 6) is 0.111. The van der Waals surface area contributed by atoms with Crippen molar-refractivity contribution in [2.75, 3.05) is 11.1 Å². The van der Waals surface area contributed by atoms with Crippen LogP contribution in [-0.4, -0.2) is 20.1 Å². The molecule has 19 heavy (non-hydrogen) atoms. The molecule has 4 nitrogen and oxygen atoms in total. The maximum Gasteiger partial charge on any atom is 0.228 e. The summed E-state index contributed by atoms with van der Waals surface area (Å²) in [6, 6.07) is 4.89. The molecule has 1 heterocycles. The van der Waals surface area contributed by atoms with Gasteiger partial charge in [-0.15, -0.1) is 0 Å². The van der Waals surface area contributed by atoms with E-state index in [0.717, 1.165) is 30.5 Å². The Bertz CT molecular complexity index is 578. The van der Waals surface area contributed by atoms with Crippen LogP contribution >= 0.6 is 0 Å². The Kier molecular flexibility index (Phi) is 4.24. The second-order valence-corrected chi connectivity index (χ2v) is 7.03. The quantitative estimate of drug-likeness (QED) is 0.815. The number of carbonyl (C=O) groups is 1. The summed E-state index contributed by atoms with van der Waals surface area (Å²) in [6.45, 7) is 2.10. The lowest BCUT2D eigenvalue weighted by Crippen LogP contribution is -2.07. The average Bonchev–Trinajstić information content (AvgIpc) is 2.73. The van der Waals surface area contributed by atoms with Crippen LogP contribution in [0, 0.1) is 0 Å². The Morgan fingerprint density at radius 3 is 2.74 bits per heavy atom. The fourth-order valence-corrected chi connectivity index (χ4v) is 3.65. The van der Waals surface area contributed by atoms with Gasteiger partial charge in [0.1, 0.15) is 0 Å². The van der Waals surface area contributed by atoms with E-state index in [1.165, 1.54) is 0 Å². The standard InChI is InChI=1S/C14H19NO3S/c1-2-3-4-5-8-19(17,18)12-6-7-13-11(9-12)10-14(16)15-13/h6-7,9H,2-5,8,10H2,1H3,(H,15,16). The number of nitrogens with one attached hydrogen (secondary N) is 1. The maximum atomic E-state index is 12.2. The Morgan fingerprint density at radius 2 is 2.00 bits per heavy atom. The fraction of sp³-hybridized carbons (Fsp3) is 0.500. The number of sulfone groups is 1. The van der Waals surface area contributed by atoms with Crippen LogP contribution in [0.1, 0.15) is 38.2 Å². The van der Waals surface area contributed by atoms with E-state index in [9.17, 15) is 13.2 Å². The van der Waals surface area contributed by atoms with Gasteiger partial charge in [-0.3, -0.25) is 4.79 Å². The van der Waals surface area contributed by atoms with E-state index in [0.29, 0.717) is 11.3 Å². The van der Waals surface area contributed by atoms with Crippen molar-refractivity contribution in [2.24, 2.45) is 0 Å². The van der Waals surface area contributed by atoms with Crippen LogP contribution in [0.2, 0.25) is 0 Å². The molecular weight excluding hydrogens is 262 g/mol. The predicted molar refractivity (Wildman–Crippen MR) is 75.0 cm³/mol. The summed E-state index contributed by atoms with van der Waals surface area (Å²) in [5, 5.41) is 2.70. The number of benzene rings is 1. The Labute approximate surface area is 114 Å². The van der Waals surface area contributed by atoms with Crippen LogP contribution < -0.4 is 5.32 Å². The van der Waals surface area contributed by atoms with Crippen molar-refractivity contribution in [3.05, 3.63) is 23.8 Å². The molecule has 1 aromatic rings. The zero-order valence-corrected chi connectivity index (χ0v) is 11.9. The predicted octanol–water partition coefficient (Wildman–Crippen LogP) is 2.54. The Morgan fingerprint density at radius 1 is 1.21 bits per heavy atom. The number of carbonyl (C=O) groups excluding carboxylic acids is 1. The average molecular weight is 281 g/mol. The highest BCUT2D eigenvalue weighted by Crippen LogP contribution is 2.26. The molecule has 0 aromatic heterocycles.